The fourth-order valence-electron chi connectivity index (χ4n) is 0.757. The summed E-state index contributed by atoms with van der Waals surface area (Å²) < 4.78 is 10.4. The zero-order valence-corrected chi connectivity index (χ0v) is 8.21. The Hall–Kier alpha value is -0.340. The second kappa shape index (κ2) is 10.7. The molecule has 0 atom stereocenters. The highest BCUT2D eigenvalue weighted by Crippen LogP contribution is 1.88. The van der Waals surface area contributed by atoms with Gasteiger partial charge in [-0.25, -0.2) is 0 Å². The van der Waals surface area contributed by atoms with E-state index in [1.807, 2.05) is 0 Å². The summed E-state index contributed by atoms with van der Waals surface area (Å²) in [7, 11) is 0. The van der Waals surface area contributed by atoms with Crippen LogP contribution in [0.4, 0.5) is 0 Å². The Bertz CT molecular complexity index is 100. The van der Waals surface area contributed by atoms with E-state index >= 15 is 0 Å². The maximum absolute atomic E-state index is 5.21. The van der Waals surface area contributed by atoms with Gasteiger partial charge in [0.1, 0.15) is 6.79 Å². The fraction of sp³-hybridized carbons (Fsp3) is 0.800. The van der Waals surface area contributed by atoms with E-state index in [9.17, 15) is 0 Å². The molecule has 0 fully saturated rings. The van der Waals surface area contributed by atoms with Crippen molar-refractivity contribution < 1.29 is 9.47 Å². The molecule has 0 rings (SSSR count). The monoisotopic (exact) mass is 172 g/mol. The van der Waals surface area contributed by atoms with Crippen molar-refractivity contribution in [3.63, 3.8) is 0 Å². The standard InChI is InChI=1S/C10H20O2/c1-3-5-6-7-9-12-10-11-8-4-2/h5-6H,3-4,7-10H2,1-2H3/b6-5-. The first-order chi connectivity index (χ1) is 5.91. The van der Waals surface area contributed by atoms with Crippen LogP contribution in [0.5, 0.6) is 0 Å². The highest BCUT2D eigenvalue weighted by atomic mass is 16.7. The van der Waals surface area contributed by atoms with Gasteiger partial charge in [0.2, 0.25) is 0 Å². The third kappa shape index (κ3) is 9.66. The summed E-state index contributed by atoms with van der Waals surface area (Å²) in [6.07, 6.45) is 7.44. The lowest BCUT2D eigenvalue weighted by atomic mass is 10.3. The van der Waals surface area contributed by atoms with Crippen molar-refractivity contribution in [2.24, 2.45) is 0 Å². The van der Waals surface area contributed by atoms with E-state index in [-0.39, 0.29) is 0 Å². The molecule has 0 amide bonds. The maximum Gasteiger partial charge on any atom is 0.146 e. The van der Waals surface area contributed by atoms with E-state index in [1.54, 1.807) is 0 Å². The topological polar surface area (TPSA) is 18.5 Å². The van der Waals surface area contributed by atoms with Gasteiger partial charge in [-0.3, -0.25) is 0 Å². The molecule has 0 spiro atoms. The van der Waals surface area contributed by atoms with E-state index in [0.717, 1.165) is 32.5 Å². The zero-order chi connectivity index (χ0) is 9.07. The normalized spacial score (nSPS) is 11.2. The number of hydrogen-bond acceptors (Lipinski definition) is 2. The lowest BCUT2D eigenvalue weighted by molar-refractivity contribution is -0.0519. The summed E-state index contributed by atoms with van der Waals surface area (Å²) in [4.78, 5) is 0. The molecule has 0 aliphatic rings. The van der Waals surface area contributed by atoms with Gasteiger partial charge in [0.25, 0.3) is 0 Å². The average molecular weight is 172 g/mol. The predicted molar refractivity (Wildman–Crippen MR) is 51.1 cm³/mol. The Morgan fingerprint density at radius 1 is 1.00 bits per heavy atom. The quantitative estimate of drug-likeness (QED) is 0.318. The van der Waals surface area contributed by atoms with Crippen LogP contribution in [-0.2, 0) is 9.47 Å². The molecule has 0 saturated carbocycles. The van der Waals surface area contributed by atoms with Crippen LogP contribution in [0, 0.1) is 0 Å². The minimum Gasteiger partial charge on any atom is -0.355 e. The molecular formula is C10H20O2. The summed E-state index contributed by atoms with van der Waals surface area (Å²) in [5, 5.41) is 0. The number of allylic oxidation sites excluding steroid dienone is 1. The second-order valence-corrected chi connectivity index (χ2v) is 2.60. The van der Waals surface area contributed by atoms with Crippen LogP contribution in [0.1, 0.15) is 33.1 Å². The zero-order valence-electron chi connectivity index (χ0n) is 8.21. The van der Waals surface area contributed by atoms with Gasteiger partial charge in [0.05, 0.1) is 6.61 Å². The van der Waals surface area contributed by atoms with Crippen LogP contribution in [-0.4, -0.2) is 20.0 Å². The van der Waals surface area contributed by atoms with Gasteiger partial charge in [-0.1, -0.05) is 26.0 Å². The van der Waals surface area contributed by atoms with Gasteiger partial charge in [0.15, 0.2) is 0 Å². The molecule has 0 radical (unpaired) electrons. The first-order valence-electron chi connectivity index (χ1n) is 4.72. The number of hydrogen-bond donors (Lipinski definition) is 0. The van der Waals surface area contributed by atoms with Crippen molar-refractivity contribution in [3.8, 4) is 0 Å². The van der Waals surface area contributed by atoms with Crippen molar-refractivity contribution in [3.05, 3.63) is 12.2 Å². The summed E-state index contributed by atoms with van der Waals surface area (Å²) >= 11 is 0. The molecule has 0 aromatic heterocycles. The van der Waals surface area contributed by atoms with Crippen molar-refractivity contribution in [2.75, 3.05) is 20.0 Å². The Labute approximate surface area is 75.6 Å². The van der Waals surface area contributed by atoms with Crippen LogP contribution in [0.15, 0.2) is 12.2 Å². The Morgan fingerprint density at radius 2 is 1.75 bits per heavy atom. The minimum atomic E-state index is 0.438. The van der Waals surface area contributed by atoms with E-state index in [0.29, 0.717) is 6.79 Å². The van der Waals surface area contributed by atoms with Crippen LogP contribution in [0.3, 0.4) is 0 Å². The smallest absolute Gasteiger partial charge is 0.146 e. The van der Waals surface area contributed by atoms with Crippen LogP contribution in [0.25, 0.3) is 0 Å². The van der Waals surface area contributed by atoms with Gasteiger partial charge in [-0.2, -0.15) is 0 Å². The Balaban J connectivity index is 2.86. The first kappa shape index (κ1) is 11.7. The largest absolute Gasteiger partial charge is 0.355 e. The Kier molecular flexibility index (Phi) is 10.4. The van der Waals surface area contributed by atoms with Crippen molar-refractivity contribution in [1.82, 2.24) is 0 Å². The molecule has 0 heterocycles. The maximum atomic E-state index is 5.21. The van der Waals surface area contributed by atoms with Crippen LogP contribution >= 0.6 is 0 Å². The molecule has 72 valence electrons. The first-order valence-corrected chi connectivity index (χ1v) is 4.72. The van der Waals surface area contributed by atoms with Crippen molar-refractivity contribution in [2.45, 2.75) is 33.1 Å². The molecule has 0 saturated heterocycles. The van der Waals surface area contributed by atoms with Crippen molar-refractivity contribution in [1.29, 1.82) is 0 Å². The minimum absolute atomic E-state index is 0.438. The SMILES string of the molecule is CC/C=C\CCOCOCCC. The molecule has 0 unspecified atom stereocenters. The lowest BCUT2D eigenvalue weighted by Crippen LogP contribution is -2.01. The van der Waals surface area contributed by atoms with E-state index in [2.05, 4.69) is 26.0 Å². The summed E-state index contributed by atoms with van der Waals surface area (Å²) in [5.74, 6) is 0. The second-order valence-electron chi connectivity index (χ2n) is 2.60. The molecule has 0 aromatic carbocycles. The van der Waals surface area contributed by atoms with Gasteiger partial charge in [-0.05, 0) is 19.3 Å². The molecule has 0 aromatic rings. The molecule has 0 aliphatic carbocycles. The molecule has 2 nitrogen and oxygen atoms in total. The average Bonchev–Trinajstić information content (AvgIpc) is 2.10. The third-order valence-corrected chi connectivity index (χ3v) is 1.35. The van der Waals surface area contributed by atoms with Crippen molar-refractivity contribution >= 4 is 0 Å². The predicted octanol–water partition coefficient (Wildman–Crippen LogP) is 2.74. The molecule has 2 heteroatoms. The van der Waals surface area contributed by atoms with E-state index < -0.39 is 0 Å². The molecule has 0 bridgehead atoms. The molecule has 0 aliphatic heterocycles. The highest BCUT2D eigenvalue weighted by molar-refractivity contribution is 4.79. The third-order valence-electron chi connectivity index (χ3n) is 1.35. The highest BCUT2D eigenvalue weighted by Gasteiger charge is 1.85. The van der Waals surface area contributed by atoms with Gasteiger partial charge in [-0.15, -0.1) is 0 Å². The van der Waals surface area contributed by atoms with Crippen LogP contribution < -0.4 is 0 Å². The van der Waals surface area contributed by atoms with Gasteiger partial charge in [0, 0.05) is 6.61 Å². The fourth-order valence-corrected chi connectivity index (χ4v) is 0.757. The molecule has 0 N–H and O–H groups in total. The van der Waals surface area contributed by atoms with Gasteiger partial charge >= 0.3 is 0 Å². The Morgan fingerprint density at radius 3 is 2.42 bits per heavy atom. The number of rotatable bonds is 8. The summed E-state index contributed by atoms with van der Waals surface area (Å²) in [6.45, 7) is 6.21. The van der Waals surface area contributed by atoms with E-state index in [4.69, 9.17) is 9.47 Å². The number of ether oxygens (including phenoxy) is 2. The summed E-state index contributed by atoms with van der Waals surface area (Å²) in [6, 6.07) is 0. The molecule has 12 heavy (non-hydrogen) atoms. The van der Waals surface area contributed by atoms with Gasteiger partial charge < -0.3 is 9.47 Å². The van der Waals surface area contributed by atoms with E-state index in [1.165, 1.54) is 0 Å². The summed E-state index contributed by atoms with van der Waals surface area (Å²) in [5.41, 5.74) is 0. The lowest BCUT2D eigenvalue weighted by Gasteiger charge is -2.02. The van der Waals surface area contributed by atoms with Crippen LogP contribution in [0.2, 0.25) is 0 Å². The molecular weight excluding hydrogens is 152 g/mol.